The standard InChI is InChI=1S/C16H24N6OS.HI/c1-4-17-16(19-9-15-18-7-12(2)24-15)22-5-6-23-14(11-22)13-8-20-21(3)10-13;/h7-8,10,14H,4-6,9,11H2,1-3H3,(H,17,19);1H. The number of thiazole rings is 1. The first-order valence-electron chi connectivity index (χ1n) is 8.20. The molecule has 0 aromatic carbocycles. The van der Waals surface area contributed by atoms with Crippen LogP contribution < -0.4 is 5.32 Å². The van der Waals surface area contributed by atoms with Gasteiger partial charge in [-0.05, 0) is 13.8 Å². The Morgan fingerprint density at radius 3 is 2.96 bits per heavy atom. The molecule has 1 fully saturated rings. The maximum absolute atomic E-state index is 5.91. The predicted octanol–water partition coefficient (Wildman–Crippen LogP) is 2.34. The van der Waals surface area contributed by atoms with Gasteiger partial charge in [0.1, 0.15) is 11.1 Å². The maximum Gasteiger partial charge on any atom is 0.194 e. The first-order valence-corrected chi connectivity index (χ1v) is 9.02. The Hall–Kier alpha value is -1.20. The molecule has 2 aromatic heterocycles. The van der Waals surface area contributed by atoms with Gasteiger partial charge in [0.2, 0.25) is 0 Å². The number of aromatic nitrogens is 3. The molecule has 1 saturated heterocycles. The number of hydrogen-bond donors (Lipinski definition) is 1. The number of ether oxygens (including phenoxy) is 1. The molecule has 2 aromatic rings. The summed E-state index contributed by atoms with van der Waals surface area (Å²) in [5, 5.41) is 8.67. The molecule has 25 heavy (non-hydrogen) atoms. The number of aryl methyl sites for hydroxylation is 2. The van der Waals surface area contributed by atoms with Crippen LogP contribution in [0.3, 0.4) is 0 Å². The molecule has 1 atom stereocenters. The monoisotopic (exact) mass is 476 g/mol. The number of guanidine groups is 1. The number of hydrogen-bond acceptors (Lipinski definition) is 5. The first kappa shape index (κ1) is 20.1. The summed E-state index contributed by atoms with van der Waals surface area (Å²) >= 11 is 1.69. The van der Waals surface area contributed by atoms with Gasteiger partial charge in [0.25, 0.3) is 0 Å². The van der Waals surface area contributed by atoms with Crippen LogP contribution >= 0.6 is 35.3 Å². The average Bonchev–Trinajstić information content (AvgIpc) is 3.20. The van der Waals surface area contributed by atoms with Crippen molar-refractivity contribution >= 4 is 41.3 Å². The molecule has 3 heterocycles. The Morgan fingerprint density at radius 1 is 1.48 bits per heavy atom. The van der Waals surface area contributed by atoms with Crippen LogP contribution in [0.1, 0.15) is 28.5 Å². The lowest BCUT2D eigenvalue weighted by molar-refractivity contribution is -0.00805. The molecular formula is C16H25IN6OS. The van der Waals surface area contributed by atoms with Crippen molar-refractivity contribution in [2.75, 3.05) is 26.2 Å². The molecule has 1 unspecified atom stereocenters. The predicted molar refractivity (Wildman–Crippen MR) is 111 cm³/mol. The van der Waals surface area contributed by atoms with Gasteiger partial charge in [0.15, 0.2) is 5.96 Å². The Morgan fingerprint density at radius 2 is 2.32 bits per heavy atom. The van der Waals surface area contributed by atoms with Crippen molar-refractivity contribution in [2.45, 2.75) is 26.5 Å². The van der Waals surface area contributed by atoms with Crippen molar-refractivity contribution in [1.29, 1.82) is 0 Å². The number of aliphatic imine (C=N–C) groups is 1. The minimum atomic E-state index is 0. The highest BCUT2D eigenvalue weighted by molar-refractivity contribution is 14.0. The number of halogens is 1. The highest BCUT2D eigenvalue weighted by Gasteiger charge is 2.25. The first-order chi connectivity index (χ1) is 11.7. The summed E-state index contributed by atoms with van der Waals surface area (Å²) in [4.78, 5) is 12.6. The van der Waals surface area contributed by atoms with Crippen LogP contribution in [-0.4, -0.2) is 51.9 Å². The van der Waals surface area contributed by atoms with Crippen molar-refractivity contribution in [1.82, 2.24) is 25.0 Å². The molecule has 0 aliphatic carbocycles. The Kier molecular flexibility index (Phi) is 7.63. The molecule has 0 radical (unpaired) electrons. The zero-order valence-electron chi connectivity index (χ0n) is 14.8. The smallest absolute Gasteiger partial charge is 0.194 e. The molecule has 138 valence electrons. The quantitative estimate of drug-likeness (QED) is 0.417. The second-order valence-electron chi connectivity index (χ2n) is 5.79. The number of nitrogens with zero attached hydrogens (tertiary/aromatic N) is 5. The minimum Gasteiger partial charge on any atom is -0.370 e. The van der Waals surface area contributed by atoms with E-state index in [1.165, 1.54) is 4.88 Å². The maximum atomic E-state index is 5.91. The van der Waals surface area contributed by atoms with Gasteiger partial charge in [-0.1, -0.05) is 0 Å². The van der Waals surface area contributed by atoms with Crippen LogP contribution in [0.5, 0.6) is 0 Å². The van der Waals surface area contributed by atoms with Crippen LogP contribution in [0, 0.1) is 6.92 Å². The molecule has 0 spiro atoms. The van der Waals surface area contributed by atoms with E-state index in [-0.39, 0.29) is 30.1 Å². The van der Waals surface area contributed by atoms with Crippen LogP contribution in [0.4, 0.5) is 0 Å². The Labute approximate surface area is 169 Å². The van der Waals surface area contributed by atoms with Crippen molar-refractivity contribution in [2.24, 2.45) is 12.0 Å². The lowest BCUT2D eigenvalue weighted by Gasteiger charge is -2.34. The Balaban J connectivity index is 0.00000225. The fourth-order valence-electron chi connectivity index (χ4n) is 2.69. The van der Waals surface area contributed by atoms with E-state index in [9.17, 15) is 0 Å². The van der Waals surface area contributed by atoms with E-state index >= 15 is 0 Å². The summed E-state index contributed by atoms with van der Waals surface area (Å²) in [5.74, 6) is 0.919. The van der Waals surface area contributed by atoms with E-state index in [4.69, 9.17) is 9.73 Å². The van der Waals surface area contributed by atoms with E-state index in [1.54, 1.807) is 11.3 Å². The van der Waals surface area contributed by atoms with Crippen LogP contribution in [0.25, 0.3) is 0 Å². The molecule has 9 heteroatoms. The van der Waals surface area contributed by atoms with Crippen LogP contribution in [0.15, 0.2) is 23.6 Å². The highest BCUT2D eigenvalue weighted by atomic mass is 127. The van der Waals surface area contributed by atoms with Gasteiger partial charge < -0.3 is 15.0 Å². The summed E-state index contributed by atoms with van der Waals surface area (Å²) in [7, 11) is 1.92. The second-order valence-corrected chi connectivity index (χ2v) is 7.11. The van der Waals surface area contributed by atoms with Gasteiger partial charge >= 0.3 is 0 Å². The molecular weight excluding hydrogens is 451 g/mol. The Bertz CT molecular complexity index is 700. The summed E-state index contributed by atoms with van der Waals surface area (Å²) < 4.78 is 7.72. The third-order valence-corrected chi connectivity index (χ3v) is 4.73. The number of rotatable bonds is 4. The zero-order valence-corrected chi connectivity index (χ0v) is 18.0. The highest BCUT2D eigenvalue weighted by Crippen LogP contribution is 2.22. The van der Waals surface area contributed by atoms with E-state index in [1.807, 2.05) is 30.3 Å². The van der Waals surface area contributed by atoms with E-state index < -0.39 is 0 Å². The summed E-state index contributed by atoms with van der Waals surface area (Å²) in [6.45, 7) is 7.88. The third-order valence-electron chi connectivity index (χ3n) is 3.83. The molecule has 0 saturated carbocycles. The van der Waals surface area contributed by atoms with E-state index in [2.05, 4.69) is 34.1 Å². The largest absolute Gasteiger partial charge is 0.370 e. The van der Waals surface area contributed by atoms with Gasteiger partial charge in [-0.25, -0.2) is 9.98 Å². The summed E-state index contributed by atoms with van der Waals surface area (Å²) in [6, 6.07) is 0. The average molecular weight is 476 g/mol. The fourth-order valence-corrected chi connectivity index (χ4v) is 3.40. The molecule has 0 bridgehead atoms. The summed E-state index contributed by atoms with van der Waals surface area (Å²) in [6.07, 6.45) is 5.81. The van der Waals surface area contributed by atoms with E-state index in [0.29, 0.717) is 13.2 Å². The van der Waals surface area contributed by atoms with E-state index in [0.717, 1.165) is 36.2 Å². The molecule has 1 aliphatic heterocycles. The van der Waals surface area contributed by atoms with Crippen molar-refractivity contribution < 1.29 is 4.74 Å². The van der Waals surface area contributed by atoms with Crippen LogP contribution in [0.2, 0.25) is 0 Å². The molecule has 1 N–H and O–H groups in total. The van der Waals surface area contributed by atoms with Gasteiger partial charge in [0, 0.05) is 43.0 Å². The second kappa shape index (κ2) is 9.48. The fraction of sp³-hybridized carbons (Fsp3) is 0.562. The lowest BCUT2D eigenvalue weighted by Crippen LogP contribution is -2.48. The molecule has 1 aliphatic rings. The van der Waals surface area contributed by atoms with Gasteiger partial charge in [-0.3, -0.25) is 4.68 Å². The topological polar surface area (TPSA) is 67.6 Å². The molecule has 3 rings (SSSR count). The van der Waals surface area contributed by atoms with Crippen molar-refractivity contribution in [3.05, 3.63) is 34.0 Å². The van der Waals surface area contributed by atoms with Gasteiger partial charge in [-0.15, -0.1) is 35.3 Å². The summed E-state index contributed by atoms with van der Waals surface area (Å²) in [5.41, 5.74) is 1.11. The minimum absolute atomic E-state index is 0. The normalized spacial score (nSPS) is 18.1. The molecule has 0 amide bonds. The van der Waals surface area contributed by atoms with Gasteiger partial charge in [0.05, 0.1) is 25.9 Å². The lowest BCUT2D eigenvalue weighted by atomic mass is 10.1. The van der Waals surface area contributed by atoms with Crippen molar-refractivity contribution in [3.63, 3.8) is 0 Å². The van der Waals surface area contributed by atoms with Gasteiger partial charge in [-0.2, -0.15) is 5.10 Å². The number of nitrogens with one attached hydrogen (secondary N) is 1. The van der Waals surface area contributed by atoms with Crippen LogP contribution in [-0.2, 0) is 18.3 Å². The van der Waals surface area contributed by atoms with Crippen molar-refractivity contribution in [3.8, 4) is 0 Å². The number of morpholine rings is 1. The third kappa shape index (κ3) is 5.38. The molecule has 7 nitrogen and oxygen atoms in total. The SMILES string of the molecule is CCNC(=NCc1ncc(C)s1)N1CCOC(c2cnn(C)c2)C1.I. The zero-order chi connectivity index (χ0) is 16.9.